The molecule has 3 atom stereocenters. The Morgan fingerprint density at radius 1 is 1.60 bits per heavy atom. The topological polar surface area (TPSA) is 38.0 Å². The summed E-state index contributed by atoms with van der Waals surface area (Å²) >= 11 is 1.80. The van der Waals surface area contributed by atoms with Crippen LogP contribution in [0.1, 0.15) is 37.1 Å². The molecule has 15 heavy (non-hydrogen) atoms. The van der Waals surface area contributed by atoms with Crippen LogP contribution in [0.25, 0.3) is 0 Å². The zero-order chi connectivity index (χ0) is 10.7. The lowest BCUT2D eigenvalue weighted by Crippen LogP contribution is -2.34. The third-order valence-corrected chi connectivity index (χ3v) is 4.24. The first-order chi connectivity index (χ1) is 7.29. The van der Waals surface area contributed by atoms with Crippen LogP contribution in [0.3, 0.4) is 0 Å². The van der Waals surface area contributed by atoms with Gasteiger partial charge >= 0.3 is 0 Å². The first kappa shape index (κ1) is 11.1. The fourth-order valence-corrected chi connectivity index (χ4v) is 3.20. The maximum atomic E-state index is 5.82. The standard InChI is InChI=1S/C12H20N2S/c1-9-4-5-10(7-9)14-11(8-13)12-3-2-6-15-12/h2-3,6,9-11,14H,4-5,7-8,13H2,1H3. The van der Waals surface area contributed by atoms with Crippen molar-refractivity contribution >= 4 is 11.3 Å². The molecule has 2 nitrogen and oxygen atoms in total. The van der Waals surface area contributed by atoms with Gasteiger partial charge < -0.3 is 11.1 Å². The Hall–Kier alpha value is -0.380. The van der Waals surface area contributed by atoms with E-state index in [2.05, 4.69) is 29.8 Å². The van der Waals surface area contributed by atoms with Crippen LogP contribution in [0.2, 0.25) is 0 Å². The quantitative estimate of drug-likeness (QED) is 0.825. The first-order valence-electron chi connectivity index (χ1n) is 5.79. The van der Waals surface area contributed by atoms with Crippen molar-refractivity contribution in [2.75, 3.05) is 6.54 Å². The van der Waals surface area contributed by atoms with Crippen molar-refractivity contribution in [1.29, 1.82) is 0 Å². The summed E-state index contributed by atoms with van der Waals surface area (Å²) < 4.78 is 0. The number of thiophene rings is 1. The highest BCUT2D eigenvalue weighted by atomic mass is 32.1. The predicted molar refractivity (Wildman–Crippen MR) is 66.1 cm³/mol. The highest BCUT2D eigenvalue weighted by molar-refractivity contribution is 7.10. The smallest absolute Gasteiger partial charge is 0.0541 e. The van der Waals surface area contributed by atoms with E-state index in [0.717, 1.165) is 5.92 Å². The van der Waals surface area contributed by atoms with Crippen molar-refractivity contribution in [1.82, 2.24) is 5.32 Å². The highest BCUT2D eigenvalue weighted by Crippen LogP contribution is 2.27. The second-order valence-electron chi connectivity index (χ2n) is 4.59. The number of nitrogens with two attached hydrogens (primary N) is 1. The van der Waals surface area contributed by atoms with Gasteiger partial charge in [0.2, 0.25) is 0 Å². The molecule has 0 bridgehead atoms. The predicted octanol–water partition coefficient (Wildman–Crippen LogP) is 2.53. The van der Waals surface area contributed by atoms with Crippen molar-refractivity contribution < 1.29 is 0 Å². The van der Waals surface area contributed by atoms with Crippen LogP contribution in [-0.4, -0.2) is 12.6 Å². The Balaban J connectivity index is 1.91. The number of hydrogen-bond acceptors (Lipinski definition) is 3. The summed E-state index contributed by atoms with van der Waals surface area (Å²) in [7, 11) is 0. The monoisotopic (exact) mass is 224 g/mol. The van der Waals surface area contributed by atoms with E-state index in [1.165, 1.54) is 24.1 Å². The molecule has 3 unspecified atom stereocenters. The van der Waals surface area contributed by atoms with Crippen LogP contribution >= 0.6 is 11.3 Å². The van der Waals surface area contributed by atoms with E-state index >= 15 is 0 Å². The molecule has 3 heteroatoms. The highest BCUT2D eigenvalue weighted by Gasteiger charge is 2.23. The molecule has 1 aliphatic rings. The Kier molecular flexibility index (Phi) is 3.78. The first-order valence-corrected chi connectivity index (χ1v) is 6.67. The van der Waals surface area contributed by atoms with Gasteiger partial charge in [0.15, 0.2) is 0 Å². The van der Waals surface area contributed by atoms with E-state index in [4.69, 9.17) is 5.73 Å². The minimum Gasteiger partial charge on any atom is -0.329 e. The zero-order valence-electron chi connectivity index (χ0n) is 9.28. The van der Waals surface area contributed by atoms with E-state index in [0.29, 0.717) is 18.6 Å². The van der Waals surface area contributed by atoms with Crippen molar-refractivity contribution in [3.05, 3.63) is 22.4 Å². The molecule has 1 aromatic heterocycles. The van der Waals surface area contributed by atoms with E-state index in [1.54, 1.807) is 11.3 Å². The molecule has 0 saturated heterocycles. The van der Waals surface area contributed by atoms with E-state index in [1.807, 2.05) is 0 Å². The maximum Gasteiger partial charge on any atom is 0.0541 e. The molecule has 1 aromatic rings. The summed E-state index contributed by atoms with van der Waals surface area (Å²) in [5.41, 5.74) is 5.82. The summed E-state index contributed by atoms with van der Waals surface area (Å²) in [6, 6.07) is 5.31. The molecule has 0 amide bonds. The number of hydrogen-bond donors (Lipinski definition) is 2. The lowest BCUT2D eigenvalue weighted by Gasteiger charge is -2.20. The van der Waals surface area contributed by atoms with Gasteiger partial charge in [0, 0.05) is 17.5 Å². The van der Waals surface area contributed by atoms with Gasteiger partial charge in [-0.1, -0.05) is 13.0 Å². The molecule has 2 rings (SSSR count). The Labute approximate surface area is 95.9 Å². The van der Waals surface area contributed by atoms with E-state index in [-0.39, 0.29) is 0 Å². The molecular weight excluding hydrogens is 204 g/mol. The van der Waals surface area contributed by atoms with Gasteiger partial charge in [-0.15, -0.1) is 11.3 Å². The van der Waals surface area contributed by atoms with Gasteiger partial charge in [-0.3, -0.25) is 0 Å². The third kappa shape index (κ3) is 2.80. The third-order valence-electron chi connectivity index (χ3n) is 3.25. The fraction of sp³-hybridized carbons (Fsp3) is 0.667. The summed E-state index contributed by atoms with van der Waals surface area (Å²) in [6.07, 6.45) is 3.98. The summed E-state index contributed by atoms with van der Waals surface area (Å²) in [5.74, 6) is 0.879. The molecule has 1 saturated carbocycles. The Morgan fingerprint density at radius 2 is 2.47 bits per heavy atom. The lowest BCUT2D eigenvalue weighted by molar-refractivity contribution is 0.438. The molecule has 1 aliphatic carbocycles. The second kappa shape index (κ2) is 5.10. The molecule has 1 fully saturated rings. The normalized spacial score (nSPS) is 28.1. The van der Waals surface area contributed by atoms with Crippen LogP contribution in [0.4, 0.5) is 0 Å². The van der Waals surface area contributed by atoms with E-state index < -0.39 is 0 Å². The van der Waals surface area contributed by atoms with Crippen molar-refractivity contribution in [2.45, 2.75) is 38.3 Å². The Morgan fingerprint density at radius 3 is 3.00 bits per heavy atom. The molecule has 0 spiro atoms. The van der Waals surface area contributed by atoms with Gasteiger partial charge in [-0.05, 0) is 36.6 Å². The van der Waals surface area contributed by atoms with Crippen molar-refractivity contribution in [3.63, 3.8) is 0 Å². The van der Waals surface area contributed by atoms with Gasteiger partial charge in [-0.25, -0.2) is 0 Å². The van der Waals surface area contributed by atoms with Gasteiger partial charge in [0.1, 0.15) is 0 Å². The average Bonchev–Trinajstić information content (AvgIpc) is 2.85. The largest absolute Gasteiger partial charge is 0.329 e. The molecule has 1 heterocycles. The number of nitrogens with one attached hydrogen (secondary N) is 1. The minimum absolute atomic E-state index is 0.361. The van der Waals surface area contributed by atoms with Crippen molar-refractivity contribution in [2.24, 2.45) is 11.7 Å². The van der Waals surface area contributed by atoms with Crippen LogP contribution in [-0.2, 0) is 0 Å². The SMILES string of the molecule is CC1CCC(NC(CN)c2cccs2)C1. The lowest BCUT2D eigenvalue weighted by atomic mass is 10.1. The molecule has 0 radical (unpaired) electrons. The minimum atomic E-state index is 0.361. The summed E-state index contributed by atoms with van der Waals surface area (Å²) in [6.45, 7) is 3.04. The zero-order valence-corrected chi connectivity index (χ0v) is 10.1. The molecule has 3 N–H and O–H groups in total. The molecule has 0 aromatic carbocycles. The fourth-order valence-electron chi connectivity index (χ4n) is 2.40. The Bertz CT molecular complexity index is 284. The summed E-state index contributed by atoms with van der Waals surface area (Å²) in [4.78, 5) is 1.37. The van der Waals surface area contributed by atoms with Gasteiger partial charge in [0.25, 0.3) is 0 Å². The average molecular weight is 224 g/mol. The van der Waals surface area contributed by atoms with Gasteiger partial charge in [0.05, 0.1) is 6.04 Å². The summed E-state index contributed by atoms with van der Waals surface area (Å²) in [5, 5.41) is 5.81. The van der Waals surface area contributed by atoms with Gasteiger partial charge in [-0.2, -0.15) is 0 Å². The van der Waals surface area contributed by atoms with Crippen LogP contribution in [0.5, 0.6) is 0 Å². The molecular formula is C12H20N2S. The van der Waals surface area contributed by atoms with Crippen molar-refractivity contribution in [3.8, 4) is 0 Å². The second-order valence-corrected chi connectivity index (χ2v) is 5.56. The van der Waals surface area contributed by atoms with Crippen LogP contribution in [0.15, 0.2) is 17.5 Å². The molecule has 84 valence electrons. The number of rotatable bonds is 4. The molecule has 0 aliphatic heterocycles. The van der Waals surface area contributed by atoms with Crippen LogP contribution < -0.4 is 11.1 Å². The van der Waals surface area contributed by atoms with E-state index in [9.17, 15) is 0 Å². The maximum absolute atomic E-state index is 5.82. The van der Waals surface area contributed by atoms with Crippen LogP contribution in [0, 0.1) is 5.92 Å².